The molecule has 5 nitrogen and oxygen atoms in total. The first-order chi connectivity index (χ1) is 9.70. The van der Waals surface area contributed by atoms with Crippen LogP contribution in [0, 0.1) is 0 Å². The van der Waals surface area contributed by atoms with Gasteiger partial charge in [0.25, 0.3) is 11.5 Å². The number of nitrogens with zero attached hydrogens (tertiary/aromatic N) is 1. The zero-order valence-electron chi connectivity index (χ0n) is 11.1. The summed E-state index contributed by atoms with van der Waals surface area (Å²) < 4.78 is 0. The molecule has 5 heteroatoms. The van der Waals surface area contributed by atoms with Crippen LogP contribution >= 0.6 is 0 Å². The number of carbonyl (C=O) groups is 1. The average Bonchev–Trinajstić information content (AvgIpc) is 2.94. The number of likely N-dealkylation sites (tertiary alicyclic amines) is 1. The number of aromatic amines is 1. The first-order valence-corrected chi connectivity index (χ1v) is 6.84. The van der Waals surface area contributed by atoms with Crippen molar-refractivity contribution in [2.45, 2.75) is 18.9 Å². The van der Waals surface area contributed by atoms with E-state index in [9.17, 15) is 9.59 Å². The zero-order valence-corrected chi connectivity index (χ0v) is 11.1. The van der Waals surface area contributed by atoms with E-state index in [2.05, 4.69) is 4.98 Å². The van der Waals surface area contributed by atoms with Crippen molar-refractivity contribution in [2.24, 2.45) is 5.73 Å². The lowest BCUT2D eigenvalue weighted by molar-refractivity contribution is 0.0739. The maximum Gasteiger partial charge on any atom is 0.261 e. The number of para-hydroxylation sites is 1. The van der Waals surface area contributed by atoms with E-state index >= 15 is 0 Å². The Morgan fingerprint density at radius 3 is 3.00 bits per heavy atom. The Kier molecular flexibility index (Phi) is 3.28. The van der Waals surface area contributed by atoms with Gasteiger partial charge in [0.2, 0.25) is 0 Å². The van der Waals surface area contributed by atoms with Gasteiger partial charge in [0.15, 0.2) is 0 Å². The summed E-state index contributed by atoms with van der Waals surface area (Å²) in [5, 5.41) is 0.860. The van der Waals surface area contributed by atoms with E-state index in [-0.39, 0.29) is 23.1 Å². The summed E-state index contributed by atoms with van der Waals surface area (Å²) in [7, 11) is 0. The Hall–Kier alpha value is -2.14. The predicted molar refractivity (Wildman–Crippen MR) is 77.7 cm³/mol. The number of fused-ring (bicyclic) bond motifs is 1. The molecule has 1 atom stereocenters. The Bertz CT molecular complexity index is 708. The van der Waals surface area contributed by atoms with Crippen LogP contribution in [0.5, 0.6) is 0 Å². The number of amides is 1. The summed E-state index contributed by atoms with van der Waals surface area (Å²) in [4.78, 5) is 29.1. The molecule has 2 heterocycles. The smallest absolute Gasteiger partial charge is 0.261 e. The molecule has 1 aliphatic heterocycles. The van der Waals surface area contributed by atoms with Gasteiger partial charge in [-0.25, -0.2) is 0 Å². The minimum absolute atomic E-state index is 0.0494. The second-order valence-electron chi connectivity index (χ2n) is 5.13. The van der Waals surface area contributed by atoms with Crippen LogP contribution < -0.4 is 11.3 Å². The summed E-state index contributed by atoms with van der Waals surface area (Å²) in [6.07, 6.45) is 1.85. The van der Waals surface area contributed by atoms with Crippen molar-refractivity contribution in [1.82, 2.24) is 9.88 Å². The standard InChI is InChI=1S/C15H17N3O2/c16-9-11-5-3-7-18(11)15(20)12-8-10-4-1-2-6-13(10)17-14(12)19/h1-2,4,6,8,11H,3,5,7,9,16H2,(H,17,19). The Balaban J connectivity index is 2.03. The molecule has 3 N–H and O–H groups in total. The quantitative estimate of drug-likeness (QED) is 0.858. The third kappa shape index (κ3) is 2.10. The summed E-state index contributed by atoms with van der Waals surface area (Å²) in [6, 6.07) is 9.16. The maximum atomic E-state index is 12.5. The molecule has 0 spiro atoms. The number of nitrogens with two attached hydrogens (primary N) is 1. The van der Waals surface area contributed by atoms with E-state index < -0.39 is 0 Å². The molecule has 0 saturated carbocycles. The third-order valence-corrected chi connectivity index (χ3v) is 3.89. The van der Waals surface area contributed by atoms with Crippen LogP contribution in [0.15, 0.2) is 35.1 Å². The van der Waals surface area contributed by atoms with E-state index in [1.54, 1.807) is 11.0 Å². The van der Waals surface area contributed by atoms with E-state index in [0.29, 0.717) is 13.1 Å². The normalized spacial score (nSPS) is 18.6. The van der Waals surface area contributed by atoms with Gasteiger partial charge >= 0.3 is 0 Å². The van der Waals surface area contributed by atoms with Crippen LogP contribution in [0.25, 0.3) is 10.9 Å². The van der Waals surface area contributed by atoms with Crippen LogP contribution in [0.3, 0.4) is 0 Å². The molecule has 1 saturated heterocycles. The number of pyridine rings is 1. The highest BCUT2D eigenvalue weighted by Gasteiger charge is 2.29. The largest absolute Gasteiger partial charge is 0.334 e. The number of H-pyrrole nitrogens is 1. The summed E-state index contributed by atoms with van der Waals surface area (Å²) in [5.74, 6) is -0.218. The topological polar surface area (TPSA) is 79.2 Å². The van der Waals surface area contributed by atoms with Crippen LogP contribution in [0.1, 0.15) is 23.2 Å². The molecule has 0 aliphatic carbocycles. The second kappa shape index (κ2) is 5.09. The molecule has 2 aromatic rings. The zero-order chi connectivity index (χ0) is 14.1. The Morgan fingerprint density at radius 2 is 2.20 bits per heavy atom. The van der Waals surface area contributed by atoms with Gasteiger partial charge in [-0.15, -0.1) is 0 Å². The van der Waals surface area contributed by atoms with Crippen molar-refractivity contribution in [2.75, 3.05) is 13.1 Å². The number of benzene rings is 1. The molecule has 1 amide bonds. The third-order valence-electron chi connectivity index (χ3n) is 3.89. The minimum atomic E-state index is -0.337. The average molecular weight is 271 g/mol. The molecule has 1 aromatic carbocycles. The van der Waals surface area contributed by atoms with E-state index in [1.165, 1.54) is 0 Å². The lowest BCUT2D eigenvalue weighted by atomic mass is 10.1. The van der Waals surface area contributed by atoms with E-state index in [4.69, 9.17) is 5.73 Å². The van der Waals surface area contributed by atoms with Gasteiger partial charge < -0.3 is 15.6 Å². The summed E-state index contributed by atoms with van der Waals surface area (Å²) >= 11 is 0. The van der Waals surface area contributed by atoms with Gasteiger partial charge in [-0.3, -0.25) is 9.59 Å². The molecule has 1 unspecified atom stereocenters. The van der Waals surface area contributed by atoms with Crippen molar-refractivity contribution in [1.29, 1.82) is 0 Å². The molecule has 1 aliphatic rings. The number of carbonyl (C=O) groups excluding carboxylic acids is 1. The van der Waals surface area contributed by atoms with Gasteiger partial charge in [0, 0.05) is 24.6 Å². The highest BCUT2D eigenvalue weighted by molar-refractivity contribution is 5.97. The number of hydrogen-bond acceptors (Lipinski definition) is 3. The molecule has 0 radical (unpaired) electrons. The number of nitrogens with one attached hydrogen (secondary N) is 1. The van der Waals surface area contributed by atoms with E-state index in [1.807, 2.05) is 24.3 Å². The molecule has 1 aromatic heterocycles. The Morgan fingerprint density at radius 1 is 1.40 bits per heavy atom. The first-order valence-electron chi connectivity index (χ1n) is 6.84. The van der Waals surface area contributed by atoms with Gasteiger partial charge in [0.05, 0.1) is 0 Å². The summed E-state index contributed by atoms with van der Waals surface area (Å²) in [5.41, 5.74) is 6.29. The summed E-state index contributed by atoms with van der Waals surface area (Å²) in [6.45, 7) is 1.12. The monoisotopic (exact) mass is 271 g/mol. The number of hydrogen-bond donors (Lipinski definition) is 2. The predicted octanol–water partition coefficient (Wildman–Crippen LogP) is 1.09. The van der Waals surface area contributed by atoms with Gasteiger partial charge in [0.1, 0.15) is 5.56 Å². The fourth-order valence-corrected chi connectivity index (χ4v) is 2.81. The Labute approximate surface area is 116 Å². The lowest BCUT2D eigenvalue weighted by Gasteiger charge is -2.23. The van der Waals surface area contributed by atoms with Crippen molar-refractivity contribution < 1.29 is 4.79 Å². The van der Waals surface area contributed by atoms with Crippen LogP contribution in [0.2, 0.25) is 0 Å². The van der Waals surface area contributed by atoms with Gasteiger partial charge in [-0.2, -0.15) is 0 Å². The van der Waals surface area contributed by atoms with Crippen molar-refractivity contribution >= 4 is 16.8 Å². The van der Waals surface area contributed by atoms with Crippen LogP contribution in [-0.2, 0) is 0 Å². The molecule has 0 bridgehead atoms. The molecule has 1 fully saturated rings. The molecule has 104 valence electrons. The maximum absolute atomic E-state index is 12.5. The SMILES string of the molecule is NCC1CCCN1C(=O)c1cc2ccccc2[nH]c1=O. The first kappa shape index (κ1) is 12.9. The second-order valence-corrected chi connectivity index (χ2v) is 5.13. The van der Waals surface area contributed by atoms with Crippen molar-refractivity contribution in [3.63, 3.8) is 0 Å². The molecular weight excluding hydrogens is 254 g/mol. The van der Waals surface area contributed by atoms with Crippen LogP contribution in [-0.4, -0.2) is 34.9 Å². The van der Waals surface area contributed by atoms with Crippen molar-refractivity contribution in [3.05, 3.63) is 46.2 Å². The fourth-order valence-electron chi connectivity index (χ4n) is 2.81. The molecule has 3 rings (SSSR count). The van der Waals surface area contributed by atoms with Crippen LogP contribution in [0.4, 0.5) is 0 Å². The number of rotatable bonds is 2. The molecular formula is C15H17N3O2. The van der Waals surface area contributed by atoms with Gasteiger partial charge in [-0.1, -0.05) is 18.2 Å². The highest BCUT2D eigenvalue weighted by atomic mass is 16.2. The van der Waals surface area contributed by atoms with Crippen molar-refractivity contribution in [3.8, 4) is 0 Å². The molecule has 20 heavy (non-hydrogen) atoms. The van der Waals surface area contributed by atoms with E-state index in [0.717, 1.165) is 23.7 Å². The number of aromatic nitrogens is 1. The minimum Gasteiger partial charge on any atom is -0.334 e. The van der Waals surface area contributed by atoms with Gasteiger partial charge in [-0.05, 0) is 30.4 Å². The lowest BCUT2D eigenvalue weighted by Crippen LogP contribution is -2.41. The highest BCUT2D eigenvalue weighted by Crippen LogP contribution is 2.19. The fraction of sp³-hybridized carbons (Fsp3) is 0.333.